The monoisotopic (exact) mass is 465 g/mol. The van der Waals surface area contributed by atoms with Crippen LogP contribution < -0.4 is 10.2 Å². The number of hydrogen-bond acceptors (Lipinski definition) is 6. The molecule has 0 unspecified atom stereocenters. The Kier molecular flexibility index (Phi) is 7.70. The summed E-state index contributed by atoms with van der Waals surface area (Å²) in [7, 11) is 1.75. The van der Waals surface area contributed by atoms with Crippen LogP contribution in [0.25, 0.3) is 0 Å². The van der Waals surface area contributed by atoms with Crippen LogP contribution in [0, 0.1) is 5.92 Å². The molecule has 2 aliphatic rings. The van der Waals surface area contributed by atoms with E-state index >= 15 is 0 Å². The lowest BCUT2D eigenvalue weighted by Gasteiger charge is -2.32. The van der Waals surface area contributed by atoms with Crippen molar-refractivity contribution in [2.24, 2.45) is 5.92 Å². The molecular weight excluding hydrogens is 430 g/mol. The maximum atomic E-state index is 12.4. The van der Waals surface area contributed by atoms with Crippen LogP contribution in [-0.4, -0.2) is 78.2 Å². The minimum atomic E-state index is -0.414. The number of anilines is 3. The number of hydrogen-bond donors (Lipinski definition) is 2. The van der Waals surface area contributed by atoms with E-state index in [9.17, 15) is 14.8 Å². The predicted molar refractivity (Wildman–Crippen MR) is 133 cm³/mol. The summed E-state index contributed by atoms with van der Waals surface area (Å²) >= 11 is 0. The van der Waals surface area contributed by atoms with Gasteiger partial charge in [-0.15, -0.1) is 0 Å². The van der Waals surface area contributed by atoms with Crippen molar-refractivity contribution in [3.05, 3.63) is 54.1 Å². The summed E-state index contributed by atoms with van der Waals surface area (Å²) < 4.78 is 0. The summed E-state index contributed by atoms with van der Waals surface area (Å²) in [4.78, 5) is 30.0. The number of nitrogens with zero attached hydrogens (tertiary/aromatic N) is 4. The van der Waals surface area contributed by atoms with Crippen molar-refractivity contribution in [1.82, 2.24) is 14.9 Å². The third-order valence-electron chi connectivity index (χ3n) is 6.77. The second-order valence-electron chi connectivity index (χ2n) is 9.52. The molecular formula is C26H35N5O3. The van der Waals surface area contributed by atoms with Crippen LogP contribution in [0.2, 0.25) is 0 Å². The zero-order valence-electron chi connectivity index (χ0n) is 20.1. The Morgan fingerprint density at radius 2 is 1.62 bits per heavy atom. The predicted octanol–water partition coefficient (Wildman–Crippen LogP) is 3.16. The average Bonchev–Trinajstić information content (AvgIpc) is 2.84. The van der Waals surface area contributed by atoms with Gasteiger partial charge in [0, 0.05) is 50.3 Å². The smallest absolute Gasteiger partial charge is 0.260 e. The molecule has 2 aromatic rings. The average molecular weight is 466 g/mol. The standard InChI is InChI=1S/C26H35N5O3/c1-20-11-13-30(14-12-20)24-9-7-23(8-10-24)27-22-5-3-21(4-6-22)17-31(34)26(33)19-29-16-15-28(2)25(32)18-29/h3-10,20,27,34H,11-19H2,1-2H3. The highest BCUT2D eigenvalue weighted by molar-refractivity contribution is 5.81. The largest absolute Gasteiger partial charge is 0.372 e. The van der Waals surface area contributed by atoms with Gasteiger partial charge in [0.25, 0.3) is 5.91 Å². The second-order valence-corrected chi connectivity index (χ2v) is 9.52. The molecule has 0 aliphatic carbocycles. The zero-order valence-corrected chi connectivity index (χ0v) is 20.1. The highest BCUT2D eigenvalue weighted by Crippen LogP contribution is 2.25. The van der Waals surface area contributed by atoms with Gasteiger partial charge >= 0.3 is 0 Å². The van der Waals surface area contributed by atoms with Crippen LogP contribution in [0.4, 0.5) is 17.1 Å². The molecule has 2 fully saturated rings. The Balaban J connectivity index is 1.26. The van der Waals surface area contributed by atoms with Crippen LogP contribution in [0.5, 0.6) is 0 Å². The molecule has 34 heavy (non-hydrogen) atoms. The van der Waals surface area contributed by atoms with Crippen molar-refractivity contribution >= 4 is 28.9 Å². The summed E-state index contributed by atoms with van der Waals surface area (Å²) in [5, 5.41) is 14.3. The van der Waals surface area contributed by atoms with Crippen LogP contribution in [0.3, 0.4) is 0 Å². The van der Waals surface area contributed by atoms with Gasteiger partial charge < -0.3 is 15.1 Å². The van der Waals surface area contributed by atoms with Crippen molar-refractivity contribution in [1.29, 1.82) is 0 Å². The number of piperazine rings is 1. The molecule has 2 N–H and O–H groups in total. The van der Waals surface area contributed by atoms with Crippen molar-refractivity contribution < 1.29 is 14.8 Å². The van der Waals surface area contributed by atoms with Crippen LogP contribution in [0.15, 0.2) is 48.5 Å². The van der Waals surface area contributed by atoms with Gasteiger partial charge in [0.05, 0.1) is 19.6 Å². The quantitative estimate of drug-likeness (QED) is 0.483. The minimum absolute atomic E-state index is 0.0117. The fraction of sp³-hybridized carbons (Fsp3) is 0.462. The number of carbonyl (C=O) groups excluding carboxylic acids is 2. The van der Waals surface area contributed by atoms with Crippen LogP contribution in [-0.2, 0) is 16.1 Å². The first-order valence-electron chi connectivity index (χ1n) is 12.0. The molecule has 182 valence electrons. The maximum Gasteiger partial charge on any atom is 0.260 e. The summed E-state index contributed by atoms with van der Waals surface area (Å²) in [5.41, 5.74) is 4.05. The first kappa shape index (κ1) is 24.0. The summed E-state index contributed by atoms with van der Waals surface area (Å²) in [6, 6.07) is 16.2. The number of piperidine rings is 1. The van der Waals surface area contributed by atoms with E-state index in [0.717, 1.165) is 41.0 Å². The fourth-order valence-electron chi connectivity index (χ4n) is 4.36. The number of hydroxylamine groups is 2. The maximum absolute atomic E-state index is 12.4. The van der Waals surface area contributed by atoms with E-state index in [1.165, 1.54) is 18.5 Å². The lowest BCUT2D eigenvalue weighted by molar-refractivity contribution is -0.169. The van der Waals surface area contributed by atoms with E-state index in [4.69, 9.17) is 0 Å². The molecule has 2 heterocycles. The Morgan fingerprint density at radius 1 is 1.00 bits per heavy atom. The van der Waals surface area contributed by atoms with E-state index in [1.54, 1.807) is 16.8 Å². The van der Waals surface area contributed by atoms with Gasteiger partial charge in [0.15, 0.2) is 0 Å². The van der Waals surface area contributed by atoms with Crippen molar-refractivity contribution in [3.8, 4) is 0 Å². The SMILES string of the molecule is CC1CCN(c2ccc(Nc3ccc(CN(O)C(=O)CN4CCN(C)C(=O)C4)cc3)cc2)CC1. The van der Waals surface area contributed by atoms with E-state index in [-0.39, 0.29) is 25.5 Å². The molecule has 8 nitrogen and oxygen atoms in total. The zero-order chi connectivity index (χ0) is 24.1. The Hall–Kier alpha value is -3.10. The van der Waals surface area contributed by atoms with E-state index in [1.807, 2.05) is 24.3 Å². The van der Waals surface area contributed by atoms with Gasteiger partial charge in [-0.1, -0.05) is 19.1 Å². The summed E-state index contributed by atoms with van der Waals surface area (Å²) in [6.07, 6.45) is 2.50. The lowest BCUT2D eigenvalue weighted by atomic mass is 9.99. The van der Waals surface area contributed by atoms with Crippen molar-refractivity contribution in [3.63, 3.8) is 0 Å². The van der Waals surface area contributed by atoms with Gasteiger partial charge in [-0.05, 0) is 60.7 Å². The molecule has 0 bridgehead atoms. The molecule has 0 spiro atoms. The van der Waals surface area contributed by atoms with Crippen LogP contribution >= 0.6 is 0 Å². The molecule has 0 saturated carbocycles. The molecule has 2 aromatic carbocycles. The molecule has 2 amide bonds. The molecule has 2 aliphatic heterocycles. The Morgan fingerprint density at radius 3 is 2.24 bits per heavy atom. The Bertz CT molecular complexity index is 971. The number of likely N-dealkylation sites (N-methyl/N-ethyl adjacent to an activating group) is 1. The highest BCUT2D eigenvalue weighted by atomic mass is 16.5. The fourth-order valence-corrected chi connectivity index (χ4v) is 4.36. The van der Waals surface area contributed by atoms with E-state index in [0.29, 0.717) is 13.1 Å². The number of carbonyl (C=O) groups is 2. The first-order chi connectivity index (χ1) is 16.4. The molecule has 8 heteroatoms. The number of benzene rings is 2. The first-order valence-corrected chi connectivity index (χ1v) is 12.0. The van der Waals surface area contributed by atoms with Gasteiger partial charge in [-0.25, -0.2) is 5.06 Å². The number of rotatable bonds is 7. The molecule has 0 aromatic heterocycles. The van der Waals surface area contributed by atoms with Crippen LogP contribution in [0.1, 0.15) is 25.3 Å². The third kappa shape index (κ3) is 6.27. The van der Waals surface area contributed by atoms with Gasteiger partial charge in [-0.3, -0.25) is 19.7 Å². The Labute approximate surface area is 201 Å². The van der Waals surface area contributed by atoms with E-state index in [2.05, 4.69) is 41.4 Å². The van der Waals surface area contributed by atoms with Gasteiger partial charge in [-0.2, -0.15) is 0 Å². The number of nitrogens with one attached hydrogen (secondary N) is 1. The normalized spacial score (nSPS) is 17.7. The third-order valence-corrected chi connectivity index (χ3v) is 6.77. The molecule has 0 atom stereocenters. The lowest BCUT2D eigenvalue weighted by Crippen LogP contribution is -2.51. The molecule has 0 radical (unpaired) electrons. The number of amides is 2. The second kappa shape index (κ2) is 10.9. The molecule has 2 saturated heterocycles. The van der Waals surface area contributed by atoms with Crippen molar-refractivity contribution in [2.45, 2.75) is 26.3 Å². The highest BCUT2D eigenvalue weighted by Gasteiger charge is 2.24. The van der Waals surface area contributed by atoms with Gasteiger partial charge in [0.2, 0.25) is 5.91 Å². The van der Waals surface area contributed by atoms with E-state index < -0.39 is 5.91 Å². The summed E-state index contributed by atoms with van der Waals surface area (Å²) in [6.45, 7) is 6.11. The molecule has 4 rings (SSSR count). The van der Waals surface area contributed by atoms with Crippen molar-refractivity contribution in [2.75, 3.05) is 56.5 Å². The summed E-state index contributed by atoms with van der Waals surface area (Å²) in [5.74, 6) is 0.393. The van der Waals surface area contributed by atoms with Gasteiger partial charge in [0.1, 0.15) is 0 Å². The topological polar surface area (TPSA) is 79.4 Å². The minimum Gasteiger partial charge on any atom is -0.372 e.